The third kappa shape index (κ3) is 5.49. The van der Waals surface area contributed by atoms with Gasteiger partial charge in [-0.2, -0.15) is 0 Å². The van der Waals surface area contributed by atoms with Crippen molar-refractivity contribution in [3.05, 3.63) is 58.0 Å². The minimum atomic E-state index is -0.457. The number of carbonyl (C=O) groups is 2. The highest BCUT2D eigenvalue weighted by Gasteiger charge is 2.34. The zero-order chi connectivity index (χ0) is 23.4. The van der Waals surface area contributed by atoms with Crippen LogP contribution in [0.2, 0.25) is 0 Å². The molecular weight excluding hydrogens is 446 g/mol. The summed E-state index contributed by atoms with van der Waals surface area (Å²) >= 11 is 6.74. The van der Waals surface area contributed by atoms with Gasteiger partial charge in [0.15, 0.2) is 22.4 Å². The topological polar surface area (TPSA) is 65.1 Å². The zero-order valence-electron chi connectivity index (χ0n) is 18.6. The summed E-state index contributed by atoms with van der Waals surface area (Å²) in [5.74, 6) is 0.234. The molecule has 3 rings (SSSR count). The lowest BCUT2D eigenvalue weighted by Gasteiger charge is -2.17. The average molecular weight is 472 g/mol. The number of hydrogen-bond donors (Lipinski definition) is 0. The molecule has 0 aliphatic carbocycles. The van der Waals surface area contributed by atoms with E-state index in [1.807, 2.05) is 32.0 Å². The second kappa shape index (κ2) is 10.2. The number of aryl methyl sites for hydroxylation is 2. The van der Waals surface area contributed by atoms with E-state index in [0.29, 0.717) is 20.7 Å². The molecule has 32 heavy (non-hydrogen) atoms. The van der Waals surface area contributed by atoms with Gasteiger partial charge in [0.2, 0.25) is 0 Å². The highest BCUT2D eigenvalue weighted by Crippen LogP contribution is 2.38. The Morgan fingerprint density at radius 2 is 1.91 bits per heavy atom. The number of thioether (sulfide) groups is 1. The van der Waals surface area contributed by atoms with Crippen molar-refractivity contribution >= 4 is 51.9 Å². The molecule has 8 heteroatoms. The van der Waals surface area contributed by atoms with E-state index in [0.717, 1.165) is 22.4 Å². The molecule has 2 aromatic carbocycles. The molecule has 0 radical (unpaired) electrons. The van der Waals surface area contributed by atoms with Gasteiger partial charge in [0, 0.05) is 0 Å². The third-order valence-corrected chi connectivity index (χ3v) is 5.89. The summed E-state index contributed by atoms with van der Waals surface area (Å²) in [7, 11) is 1.51. The van der Waals surface area contributed by atoms with Crippen LogP contribution in [-0.4, -0.2) is 36.0 Å². The Balaban J connectivity index is 1.80. The number of benzene rings is 2. The van der Waals surface area contributed by atoms with Crippen LogP contribution in [0.15, 0.2) is 41.3 Å². The highest BCUT2D eigenvalue weighted by molar-refractivity contribution is 8.27. The quantitative estimate of drug-likeness (QED) is 0.318. The summed E-state index contributed by atoms with van der Waals surface area (Å²) in [6.07, 6.45) is 1.56. The maximum Gasteiger partial charge on any atom is 0.344 e. The van der Waals surface area contributed by atoms with Crippen molar-refractivity contribution in [2.24, 2.45) is 0 Å². The van der Waals surface area contributed by atoms with Crippen LogP contribution in [0.3, 0.4) is 0 Å². The lowest BCUT2D eigenvalue weighted by Crippen LogP contribution is -2.28. The molecule has 1 aliphatic heterocycles. The van der Waals surface area contributed by atoms with Gasteiger partial charge in [-0.3, -0.25) is 9.69 Å². The molecule has 1 heterocycles. The van der Waals surface area contributed by atoms with Crippen molar-refractivity contribution in [3.63, 3.8) is 0 Å². The van der Waals surface area contributed by atoms with Crippen molar-refractivity contribution in [1.29, 1.82) is 0 Å². The number of ether oxygens (including phenoxy) is 3. The van der Waals surface area contributed by atoms with E-state index in [9.17, 15) is 9.59 Å². The number of hydrogen-bond acceptors (Lipinski definition) is 7. The molecule has 0 N–H and O–H groups in total. The maximum absolute atomic E-state index is 13.1. The number of amides is 1. The van der Waals surface area contributed by atoms with Gasteiger partial charge in [-0.15, -0.1) is 0 Å². The Hall–Kier alpha value is -2.84. The van der Waals surface area contributed by atoms with Crippen molar-refractivity contribution in [2.45, 2.75) is 33.8 Å². The standard InChI is InChI=1S/C24H25NO5S2/c1-14(2)30-22(26)13-29-19-9-7-17(11-20(19)28-5)12-21-23(27)25(24(31)32-21)18-8-6-15(3)10-16(18)4/h6-12,14H,13H2,1-5H3/b21-12+. The van der Waals surface area contributed by atoms with E-state index in [1.165, 1.54) is 18.9 Å². The summed E-state index contributed by atoms with van der Waals surface area (Å²) in [4.78, 5) is 26.9. The molecule has 1 fully saturated rings. The molecule has 1 saturated heterocycles. The number of rotatable bonds is 7. The summed E-state index contributed by atoms with van der Waals surface area (Å²) in [6.45, 7) is 7.30. The predicted octanol–water partition coefficient (Wildman–Crippen LogP) is 5.05. The largest absolute Gasteiger partial charge is 0.493 e. The highest BCUT2D eigenvalue weighted by atomic mass is 32.2. The number of carbonyl (C=O) groups excluding carboxylic acids is 2. The summed E-state index contributed by atoms with van der Waals surface area (Å²) in [5, 5.41) is 0. The van der Waals surface area contributed by atoms with E-state index < -0.39 is 5.97 Å². The van der Waals surface area contributed by atoms with Crippen LogP contribution in [0.25, 0.3) is 6.08 Å². The molecule has 0 unspecified atom stereocenters. The van der Waals surface area contributed by atoms with Crippen LogP contribution in [0.4, 0.5) is 5.69 Å². The van der Waals surface area contributed by atoms with Crippen LogP contribution >= 0.6 is 24.0 Å². The number of thiocarbonyl (C=S) groups is 1. The van der Waals surface area contributed by atoms with Gasteiger partial charge in [-0.05, 0) is 63.1 Å². The van der Waals surface area contributed by atoms with Crippen molar-refractivity contribution < 1.29 is 23.8 Å². The summed E-state index contributed by atoms with van der Waals surface area (Å²) < 4.78 is 16.5. The van der Waals surface area contributed by atoms with Gasteiger partial charge in [0.1, 0.15) is 0 Å². The summed E-state index contributed by atoms with van der Waals surface area (Å²) in [6, 6.07) is 11.1. The zero-order valence-corrected chi connectivity index (χ0v) is 20.3. The van der Waals surface area contributed by atoms with Gasteiger partial charge in [-0.1, -0.05) is 47.7 Å². The molecule has 0 atom stereocenters. The second-order valence-electron chi connectivity index (χ2n) is 7.54. The SMILES string of the molecule is COc1cc(/C=C2/SC(=S)N(c3ccc(C)cc3C)C2=O)ccc1OCC(=O)OC(C)C. The molecule has 0 saturated carbocycles. The first-order chi connectivity index (χ1) is 15.2. The number of anilines is 1. The fourth-order valence-corrected chi connectivity index (χ4v) is 4.49. The van der Waals surface area contributed by atoms with E-state index in [1.54, 1.807) is 43.0 Å². The van der Waals surface area contributed by atoms with Crippen LogP contribution < -0.4 is 14.4 Å². The molecule has 1 amide bonds. The smallest absolute Gasteiger partial charge is 0.344 e. The Kier molecular flexibility index (Phi) is 7.58. The fraction of sp³-hybridized carbons (Fsp3) is 0.292. The Morgan fingerprint density at radius 1 is 1.16 bits per heavy atom. The second-order valence-corrected chi connectivity index (χ2v) is 9.22. The van der Waals surface area contributed by atoms with Crippen LogP contribution in [0, 0.1) is 13.8 Å². The molecule has 0 spiro atoms. The number of methoxy groups -OCH3 is 1. The van der Waals surface area contributed by atoms with E-state index in [-0.39, 0.29) is 18.6 Å². The van der Waals surface area contributed by atoms with Gasteiger partial charge < -0.3 is 14.2 Å². The molecule has 2 aromatic rings. The molecule has 6 nitrogen and oxygen atoms in total. The Labute approximate surface area is 197 Å². The van der Waals surface area contributed by atoms with Gasteiger partial charge in [0.05, 0.1) is 23.8 Å². The summed E-state index contributed by atoms with van der Waals surface area (Å²) in [5.41, 5.74) is 3.65. The van der Waals surface area contributed by atoms with Crippen LogP contribution in [0.5, 0.6) is 11.5 Å². The lowest BCUT2D eigenvalue weighted by molar-refractivity contribution is -0.149. The first-order valence-electron chi connectivity index (χ1n) is 10.0. The third-order valence-electron chi connectivity index (χ3n) is 4.59. The van der Waals surface area contributed by atoms with Crippen molar-refractivity contribution in [3.8, 4) is 11.5 Å². The number of nitrogens with zero attached hydrogens (tertiary/aromatic N) is 1. The maximum atomic E-state index is 13.1. The first-order valence-corrected chi connectivity index (χ1v) is 11.3. The molecule has 168 valence electrons. The minimum absolute atomic E-state index is 0.164. The molecule has 0 bridgehead atoms. The van der Waals surface area contributed by atoms with E-state index >= 15 is 0 Å². The van der Waals surface area contributed by atoms with Crippen LogP contribution in [-0.2, 0) is 14.3 Å². The Morgan fingerprint density at radius 3 is 2.56 bits per heavy atom. The monoisotopic (exact) mass is 471 g/mol. The first kappa shape index (κ1) is 23.8. The number of esters is 1. The fourth-order valence-electron chi connectivity index (χ4n) is 3.21. The lowest BCUT2D eigenvalue weighted by atomic mass is 10.1. The van der Waals surface area contributed by atoms with E-state index in [4.69, 9.17) is 26.4 Å². The van der Waals surface area contributed by atoms with Crippen molar-refractivity contribution in [2.75, 3.05) is 18.6 Å². The van der Waals surface area contributed by atoms with Crippen LogP contribution in [0.1, 0.15) is 30.5 Å². The van der Waals surface area contributed by atoms with E-state index in [2.05, 4.69) is 0 Å². The Bertz CT molecular complexity index is 1090. The molecular formula is C24H25NO5S2. The normalized spacial score (nSPS) is 14.9. The predicted molar refractivity (Wildman–Crippen MR) is 131 cm³/mol. The van der Waals surface area contributed by atoms with Gasteiger partial charge in [0.25, 0.3) is 5.91 Å². The molecule has 1 aliphatic rings. The minimum Gasteiger partial charge on any atom is -0.493 e. The average Bonchev–Trinajstić information content (AvgIpc) is 2.99. The molecule has 0 aromatic heterocycles. The van der Waals surface area contributed by atoms with Gasteiger partial charge in [-0.25, -0.2) is 4.79 Å². The van der Waals surface area contributed by atoms with Crippen molar-refractivity contribution in [1.82, 2.24) is 0 Å². The van der Waals surface area contributed by atoms with Gasteiger partial charge >= 0.3 is 5.97 Å².